The van der Waals surface area contributed by atoms with Gasteiger partial charge in [0.2, 0.25) is 0 Å². The maximum absolute atomic E-state index is 6.03. The molecule has 19 heavy (non-hydrogen) atoms. The van der Waals surface area contributed by atoms with Gasteiger partial charge in [0.1, 0.15) is 0 Å². The van der Waals surface area contributed by atoms with Crippen LogP contribution in [0, 0.1) is 5.41 Å². The summed E-state index contributed by atoms with van der Waals surface area (Å²) in [6.45, 7) is 6.92. The molecule has 1 N–H and O–H groups in total. The third-order valence-electron chi connectivity index (χ3n) is 4.66. The highest BCUT2D eigenvalue weighted by Gasteiger charge is 2.39. The molecule has 1 unspecified atom stereocenters. The summed E-state index contributed by atoms with van der Waals surface area (Å²) in [5.74, 6) is 0.637. The largest absolute Gasteiger partial charge is 0.316 e. The number of rotatable bonds is 5. The van der Waals surface area contributed by atoms with Crippen molar-refractivity contribution in [2.45, 2.75) is 51.9 Å². The molecule has 0 spiro atoms. The smallest absolute Gasteiger partial charge is 0.0406 e. The van der Waals surface area contributed by atoms with E-state index < -0.39 is 0 Å². The van der Waals surface area contributed by atoms with Crippen molar-refractivity contribution in [3.63, 3.8) is 0 Å². The lowest BCUT2D eigenvalue weighted by atomic mass is 9.63. The van der Waals surface area contributed by atoms with Crippen LogP contribution in [0.4, 0.5) is 0 Å². The van der Waals surface area contributed by atoms with Gasteiger partial charge in [-0.05, 0) is 48.9 Å². The molecule has 1 aliphatic heterocycles. The summed E-state index contributed by atoms with van der Waals surface area (Å²) >= 11 is 6.03. The van der Waals surface area contributed by atoms with Crippen molar-refractivity contribution in [1.29, 1.82) is 0 Å². The van der Waals surface area contributed by atoms with Crippen LogP contribution in [0.1, 0.15) is 57.4 Å². The Bertz CT molecular complexity index is 373. The van der Waals surface area contributed by atoms with E-state index in [2.05, 4.69) is 31.3 Å². The van der Waals surface area contributed by atoms with Crippen LogP contribution in [0.3, 0.4) is 0 Å². The van der Waals surface area contributed by atoms with Crippen molar-refractivity contribution < 1.29 is 0 Å². The van der Waals surface area contributed by atoms with Crippen LogP contribution in [-0.2, 0) is 0 Å². The molecular weight excluding hydrogens is 254 g/mol. The molecule has 0 bridgehead atoms. The third-order valence-corrected chi connectivity index (χ3v) is 4.91. The lowest BCUT2D eigenvalue weighted by molar-refractivity contribution is 0.130. The molecule has 1 aromatic rings. The fourth-order valence-corrected chi connectivity index (χ4v) is 3.99. The van der Waals surface area contributed by atoms with E-state index in [0.29, 0.717) is 11.3 Å². The van der Waals surface area contributed by atoms with Crippen LogP contribution in [0.5, 0.6) is 0 Å². The molecule has 1 heterocycles. The Labute approximate surface area is 122 Å². The molecule has 0 aliphatic carbocycles. The van der Waals surface area contributed by atoms with E-state index in [9.17, 15) is 0 Å². The minimum atomic E-state index is 0.489. The quantitative estimate of drug-likeness (QED) is 0.799. The summed E-state index contributed by atoms with van der Waals surface area (Å²) in [6, 6.07) is 8.52. The van der Waals surface area contributed by atoms with Gasteiger partial charge in [-0.1, -0.05) is 50.4 Å². The van der Waals surface area contributed by atoms with Crippen molar-refractivity contribution in [2.24, 2.45) is 5.41 Å². The summed E-state index contributed by atoms with van der Waals surface area (Å²) in [4.78, 5) is 0. The van der Waals surface area contributed by atoms with E-state index in [-0.39, 0.29) is 0 Å². The lowest BCUT2D eigenvalue weighted by Gasteiger charge is -2.45. The Kier molecular flexibility index (Phi) is 5.29. The minimum absolute atomic E-state index is 0.489. The second-order valence-corrected chi connectivity index (χ2v) is 6.36. The van der Waals surface area contributed by atoms with Crippen molar-refractivity contribution in [2.75, 3.05) is 13.1 Å². The van der Waals surface area contributed by atoms with Crippen LogP contribution in [-0.4, -0.2) is 13.1 Å². The zero-order valence-corrected chi connectivity index (χ0v) is 13.0. The Hall–Kier alpha value is -0.530. The summed E-state index contributed by atoms with van der Waals surface area (Å²) < 4.78 is 0. The van der Waals surface area contributed by atoms with Crippen molar-refractivity contribution in [3.8, 4) is 0 Å². The van der Waals surface area contributed by atoms with Crippen molar-refractivity contribution in [3.05, 3.63) is 34.9 Å². The average molecular weight is 280 g/mol. The zero-order valence-electron chi connectivity index (χ0n) is 12.2. The lowest BCUT2D eigenvalue weighted by Crippen LogP contribution is -2.43. The molecule has 0 amide bonds. The number of benzene rings is 1. The van der Waals surface area contributed by atoms with Crippen LogP contribution in [0.25, 0.3) is 0 Å². The number of hydrogen-bond donors (Lipinski definition) is 1. The second kappa shape index (κ2) is 6.76. The van der Waals surface area contributed by atoms with E-state index in [4.69, 9.17) is 11.6 Å². The Morgan fingerprint density at radius 1 is 1.16 bits per heavy atom. The molecule has 1 atom stereocenters. The van der Waals surface area contributed by atoms with Crippen LogP contribution in [0.15, 0.2) is 24.3 Å². The van der Waals surface area contributed by atoms with E-state index in [1.54, 1.807) is 0 Å². The monoisotopic (exact) mass is 279 g/mol. The minimum Gasteiger partial charge on any atom is -0.316 e. The van der Waals surface area contributed by atoms with Crippen LogP contribution < -0.4 is 5.32 Å². The molecule has 0 radical (unpaired) electrons. The SMILES string of the molecule is CCCC1(CCC)CCNCC1c1ccc(Cl)cc1. The average Bonchev–Trinajstić information content (AvgIpc) is 2.41. The van der Waals surface area contributed by atoms with E-state index >= 15 is 0 Å². The molecule has 1 aliphatic rings. The van der Waals surface area contributed by atoms with Crippen molar-refractivity contribution in [1.82, 2.24) is 5.32 Å². The second-order valence-electron chi connectivity index (χ2n) is 5.92. The maximum atomic E-state index is 6.03. The summed E-state index contributed by atoms with van der Waals surface area (Å²) in [7, 11) is 0. The number of piperidine rings is 1. The molecular formula is C17H26ClN. The van der Waals surface area contributed by atoms with Crippen LogP contribution >= 0.6 is 11.6 Å². The highest BCUT2D eigenvalue weighted by molar-refractivity contribution is 6.30. The van der Waals surface area contributed by atoms with E-state index in [0.717, 1.165) is 11.6 Å². The van der Waals surface area contributed by atoms with Crippen molar-refractivity contribution >= 4 is 11.6 Å². The molecule has 2 heteroatoms. The van der Waals surface area contributed by atoms with Gasteiger partial charge < -0.3 is 5.32 Å². The summed E-state index contributed by atoms with van der Waals surface area (Å²) in [5, 5.41) is 4.42. The first-order chi connectivity index (χ1) is 9.22. The Morgan fingerprint density at radius 3 is 2.37 bits per heavy atom. The molecule has 2 rings (SSSR count). The fraction of sp³-hybridized carbons (Fsp3) is 0.647. The van der Waals surface area contributed by atoms with Gasteiger partial charge in [0, 0.05) is 17.5 Å². The van der Waals surface area contributed by atoms with Gasteiger partial charge in [0.15, 0.2) is 0 Å². The predicted octanol–water partition coefficient (Wildman–Crippen LogP) is 5.00. The molecule has 1 fully saturated rings. The topological polar surface area (TPSA) is 12.0 Å². The third kappa shape index (κ3) is 3.32. The number of hydrogen-bond acceptors (Lipinski definition) is 1. The normalized spacial score (nSPS) is 22.4. The van der Waals surface area contributed by atoms with E-state index in [1.165, 1.54) is 44.2 Å². The standard InChI is InChI=1S/C17H26ClN/c1-3-9-17(10-4-2)11-12-19-13-16(17)14-5-7-15(18)8-6-14/h5-8,16,19H,3-4,9-13H2,1-2H3. The van der Waals surface area contributed by atoms with Gasteiger partial charge in [-0.15, -0.1) is 0 Å². The van der Waals surface area contributed by atoms with Crippen LogP contribution in [0.2, 0.25) is 5.02 Å². The molecule has 1 saturated heterocycles. The summed E-state index contributed by atoms with van der Waals surface area (Å²) in [5.41, 5.74) is 1.95. The fourth-order valence-electron chi connectivity index (χ4n) is 3.86. The Morgan fingerprint density at radius 2 is 1.79 bits per heavy atom. The molecule has 0 aromatic heterocycles. The first-order valence-electron chi connectivity index (χ1n) is 7.68. The first kappa shape index (κ1) is 14.9. The zero-order chi connectivity index (χ0) is 13.7. The molecule has 1 aromatic carbocycles. The molecule has 1 nitrogen and oxygen atoms in total. The first-order valence-corrected chi connectivity index (χ1v) is 8.06. The van der Waals surface area contributed by atoms with Gasteiger partial charge in [-0.3, -0.25) is 0 Å². The van der Waals surface area contributed by atoms with E-state index in [1.807, 2.05) is 12.1 Å². The highest BCUT2D eigenvalue weighted by atomic mass is 35.5. The van der Waals surface area contributed by atoms with Gasteiger partial charge >= 0.3 is 0 Å². The van der Waals surface area contributed by atoms with Gasteiger partial charge in [0.25, 0.3) is 0 Å². The summed E-state index contributed by atoms with van der Waals surface area (Å²) in [6.07, 6.45) is 6.56. The Balaban J connectivity index is 2.29. The van der Waals surface area contributed by atoms with Gasteiger partial charge in [0.05, 0.1) is 0 Å². The maximum Gasteiger partial charge on any atom is 0.0406 e. The number of nitrogens with one attached hydrogen (secondary N) is 1. The van der Waals surface area contributed by atoms with Gasteiger partial charge in [-0.25, -0.2) is 0 Å². The number of halogens is 1. The van der Waals surface area contributed by atoms with Gasteiger partial charge in [-0.2, -0.15) is 0 Å². The predicted molar refractivity (Wildman–Crippen MR) is 83.9 cm³/mol. The highest BCUT2D eigenvalue weighted by Crippen LogP contribution is 2.48. The molecule has 106 valence electrons. The molecule has 0 saturated carbocycles.